The number of aromatic nitrogens is 2. The zero-order chi connectivity index (χ0) is 11.7. The molecule has 0 aliphatic rings. The number of fused-ring (bicyclic) bond motifs is 1. The largest absolute Gasteiger partial charge is 1.00 e. The molecule has 0 spiro atoms. The van der Waals surface area contributed by atoms with E-state index in [4.69, 9.17) is 4.98 Å². The van der Waals surface area contributed by atoms with Gasteiger partial charge in [-0.05, 0) is 31.9 Å². The van der Waals surface area contributed by atoms with E-state index in [0.717, 1.165) is 11.9 Å². The second-order valence-corrected chi connectivity index (χ2v) is 5.08. The van der Waals surface area contributed by atoms with Crippen molar-refractivity contribution in [1.82, 2.24) is 9.55 Å². The van der Waals surface area contributed by atoms with Gasteiger partial charge in [-0.25, -0.2) is 4.98 Å². The Morgan fingerprint density at radius 1 is 1.12 bits per heavy atom. The molecule has 0 amide bonds. The zero-order valence-electron chi connectivity index (χ0n) is 10.9. The lowest BCUT2D eigenvalue weighted by Gasteiger charge is -2.14. The van der Waals surface area contributed by atoms with Crippen molar-refractivity contribution >= 4 is 11.0 Å². The van der Waals surface area contributed by atoms with Crippen LogP contribution in [0.25, 0.3) is 11.0 Å². The summed E-state index contributed by atoms with van der Waals surface area (Å²) >= 11 is 0. The topological polar surface area (TPSA) is 17.8 Å². The first-order chi connectivity index (χ1) is 7.59. The molecule has 0 saturated heterocycles. The molecule has 1 heterocycles. The van der Waals surface area contributed by atoms with Crippen molar-refractivity contribution in [3.05, 3.63) is 30.1 Å². The molecular formula is C14H20ClN2-. The summed E-state index contributed by atoms with van der Waals surface area (Å²) in [4.78, 5) is 4.74. The summed E-state index contributed by atoms with van der Waals surface area (Å²) in [5, 5.41) is 0. The average Bonchev–Trinajstić information content (AvgIpc) is 2.53. The van der Waals surface area contributed by atoms with E-state index in [-0.39, 0.29) is 12.4 Å². The molecule has 0 aliphatic heterocycles. The molecule has 2 nitrogen and oxygen atoms in total. The van der Waals surface area contributed by atoms with Gasteiger partial charge in [0.1, 0.15) is 5.82 Å². The fraction of sp³-hybridized carbons (Fsp3) is 0.500. The summed E-state index contributed by atoms with van der Waals surface area (Å²) in [7, 11) is 0. The van der Waals surface area contributed by atoms with Gasteiger partial charge in [0, 0.05) is 12.5 Å². The average molecular weight is 252 g/mol. The Balaban J connectivity index is 0.00000144. The van der Waals surface area contributed by atoms with Crippen LogP contribution in [0.1, 0.15) is 39.6 Å². The molecular weight excluding hydrogens is 232 g/mol. The second-order valence-electron chi connectivity index (χ2n) is 5.08. The van der Waals surface area contributed by atoms with Gasteiger partial charge in [-0.1, -0.05) is 26.0 Å². The van der Waals surface area contributed by atoms with Crippen LogP contribution in [-0.2, 0) is 6.42 Å². The molecule has 0 saturated carbocycles. The van der Waals surface area contributed by atoms with Gasteiger partial charge in [0.15, 0.2) is 0 Å². The first kappa shape index (κ1) is 14.0. The molecule has 2 aromatic rings. The Hall–Kier alpha value is -1.02. The molecule has 1 aromatic heterocycles. The molecule has 2 rings (SSSR count). The maximum Gasteiger partial charge on any atom is 0.110 e. The van der Waals surface area contributed by atoms with E-state index in [0.29, 0.717) is 12.0 Å². The lowest BCUT2D eigenvalue weighted by molar-refractivity contribution is -0.00000395. The Morgan fingerprint density at radius 3 is 2.35 bits per heavy atom. The maximum atomic E-state index is 4.74. The van der Waals surface area contributed by atoms with Crippen molar-refractivity contribution in [2.24, 2.45) is 5.92 Å². The number of imidazole rings is 1. The van der Waals surface area contributed by atoms with Crippen LogP contribution in [0.2, 0.25) is 0 Å². The molecule has 17 heavy (non-hydrogen) atoms. The second kappa shape index (κ2) is 5.54. The highest BCUT2D eigenvalue weighted by atomic mass is 35.5. The molecule has 0 N–H and O–H groups in total. The lowest BCUT2D eigenvalue weighted by atomic mass is 10.1. The number of rotatable bonds is 3. The third kappa shape index (κ3) is 2.81. The van der Waals surface area contributed by atoms with Crippen LogP contribution in [0.4, 0.5) is 0 Å². The lowest BCUT2D eigenvalue weighted by Crippen LogP contribution is -3.00. The van der Waals surface area contributed by atoms with E-state index in [1.807, 2.05) is 0 Å². The van der Waals surface area contributed by atoms with Crippen LogP contribution >= 0.6 is 0 Å². The molecule has 94 valence electrons. The normalized spacial score (nSPS) is 11.2. The third-order valence-electron chi connectivity index (χ3n) is 2.78. The highest BCUT2D eigenvalue weighted by molar-refractivity contribution is 5.76. The molecule has 0 atom stereocenters. The van der Waals surface area contributed by atoms with Crippen molar-refractivity contribution < 1.29 is 12.4 Å². The SMILES string of the molecule is CC(C)Cc1nc2ccccc2n1C(C)C.[Cl-]. The standard InChI is InChI=1S/C14H20N2.ClH/c1-10(2)9-14-15-12-7-5-6-8-13(12)16(14)11(3)4;/h5-8,10-11H,9H2,1-4H3;1H/p-1. The summed E-state index contributed by atoms with van der Waals surface area (Å²) in [5.41, 5.74) is 2.38. The van der Waals surface area contributed by atoms with Crippen molar-refractivity contribution in [3.8, 4) is 0 Å². The summed E-state index contributed by atoms with van der Waals surface area (Å²) in [5.74, 6) is 1.86. The van der Waals surface area contributed by atoms with E-state index in [1.165, 1.54) is 11.3 Å². The van der Waals surface area contributed by atoms with Gasteiger partial charge in [0.25, 0.3) is 0 Å². The highest BCUT2D eigenvalue weighted by Gasteiger charge is 2.13. The van der Waals surface area contributed by atoms with Crippen LogP contribution in [0.5, 0.6) is 0 Å². The van der Waals surface area contributed by atoms with Crippen LogP contribution in [0.3, 0.4) is 0 Å². The number of benzene rings is 1. The van der Waals surface area contributed by atoms with Crippen LogP contribution in [0, 0.1) is 5.92 Å². The molecule has 0 radical (unpaired) electrons. The number of halogens is 1. The predicted molar refractivity (Wildman–Crippen MR) is 68.7 cm³/mol. The van der Waals surface area contributed by atoms with Gasteiger partial charge in [-0.2, -0.15) is 0 Å². The molecule has 0 bridgehead atoms. The predicted octanol–water partition coefficient (Wildman–Crippen LogP) is 0.820. The smallest absolute Gasteiger partial charge is 0.110 e. The molecule has 3 heteroatoms. The van der Waals surface area contributed by atoms with E-state index in [2.05, 4.69) is 56.5 Å². The first-order valence-electron chi connectivity index (χ1n) is 6.05. The van der Waals surface area contributed by atoms with E-state index >= 15 is 0 Å². The van der Waals surface area contributed by atoms with Gasteiger partial charge in [-0.3, -0.25) is 0 Å². The minimum atomic E-state index is 0. The number of hydrogen-bond donors (Lipinski definition) is 0. The zero-order valence-corrected chi connectivity index (χ0v) is 11.7. The van der Waals surface area contributed by atoms with Gasteiger partial charge in [0.2, 0.25) is 0 Å². The first-order valence-corrected chi connectivity index (χ1v) is 6.05. The fourth-order valence-corrected chi connectivity index (χ4v) is 2.18. The van der Waals surface area contributed by atoms with E-state index < -0.39 is 0 Å². The van der Waals surface area contributed by atoms with Crippen molar-refractivity contribution in [2.75, 3.05) is 0 Å². The van der Waals surface area contributed by atoms with Crippen LogP contribution in [0.15, 0.2) is 24.3 Å². The molecule has 1 aromatic carbocycles. The Labute approximate surface area is 109 Å². The van der Waals surface area contributed by atoms with Crippen molar-refractivity contribution in [3.63, 3.8) is 0 Å². The van der Waals surface area contributed by atoms with Gasteiger partial charge >= 0.3 is 0 Å². The number of hydrogen-bond acceptors (Lipinski definition) is 1. The van der Waals surface area contributed by atoms with E-state index in [1.54, 1.807) is 0 Å². The van der Waals surface area contributed by atoms with Gasteiger partial charge in [0.05, 0.1) is 11.0 Å². The maximum absolute atomic E-state index is 4.74. The minimum absolute atomic E-state index is 0. The molecule has 0 fully saturated rings. The summed E-state index contributed by atoms with van der Waals surface area (Å²) in [6, 6.07) is 8.87. The summed E-state index contributed by atoms with van der Waals surface area (Å²) < 4.78 is 2.36. The monoisotopic (exact) mass is 251 g/mol. The van der Waals surface area contributed by atoms with Gasteiger partial charge < -0.3 is 17.0 Å². The quantitative estimate of drug-likeness (QED) is 0.790. The summed E-state index contributed by atoms with van der Waals surface area (Å²) in [6.45, 7) is 8.92. The highest BCUT2D eigenvalue weighted by Crippen LogP contribution is 2.22. The minimum Gasteiger partial charge on any atom is -1.00 e. The van der Waals surface area contributed by atoms with Gasteiger partial charge in [-0.15, -0.1) is 0 Å². The van der Waals surface area contributed by atoms with Crippen LogP contribution < -0.4 is 12.4 Å². The molecule has 0 aliphatic carbocycles. The number of nitrogens with zero attached hydrogens (tertiary/aromatic N) is 2. The van der Waals surface area contributed by atoms with E-state index in [9.17, 15) is 0 Å². The Morgan fingerprint density at radius 2 is 1.76 bits per heavy atom. The fourth-order valence-electron chi connectivity index (χ4n) is 2.18. The number of para-hydroxylation sites is 2. The third-order valence-corrected chi connectivity index (χ3v) is 2.78. The van der Waals surface area contributed by atoms with Crippen LogP contribution in [-0.4, -0.2) is 9.55 Å². The Kier molecular flexibility index (Phi) is 4.58. The van der Waals surface area contributed by atoms with Crippen molar-refractivity contribution in [2.45, 2.75) is 40.2 Å². The Bertz CT molecular complexity index is 486. The van der Waals surface area contributed by atoms with Crippen molar-refractivity contribution in [1.29, 1.82) is 0 Å². The summed E-state index contributed by atoms with van der Waals surface area (Å²) in [6.07, 6.45) is 1.05. The molecule has 0 unspecified atom stereocenters.